The van der Waals surface area contributed by atoms with E-state index in [0.29, 0.717) is 12.6 Å². The lowest BCUT2D eigenvalue weighted by molar-refractivity contribution is 0.218. The third-order valence-corrected chi connectivity index (χ3v) is 3.12. The number of benzene rings is 1. The van der Waals surface area contributed by atoms with Crippen molar-refractivity contribution >= 4 is 0 Å². The predicted octanol–water partition coefficient (Wildman–Crippen LogP) is 1.36. The van der Waals surface area contributed by atoms with Crippen molar-refractivity contribution in [2.24, 2.45) is 5.73 Å². The molecule has 0 spiro atoms. The second-order valence-corrected chi connectivity index (χ2v) is 4.12. The maximum atomic E-state index is 5.68. The molecule has 0 aliphatic carbocycles. The van der Waals surface area contributed by atoms with Gasteiger partial charge in [-0.2, -0.15) is 0 Å². The molecular weight excluding hydrogens is 188 g/mol. The van der Waals surface area contributed by atoms with Gasteiger partial charge in [0.05, 0.1) is 7.11 Å². The highest BCUT2D eigenvalue weighted by Gasteiger charge is 2.22. The lowest BCUT2D eigenvalue weighted by Gasteiger charge is -2.21. The smallest absolute Gasteiger partial charge is 0.119 e. The van der Waals surface area contributed by atoms with Gasteiger partial charge in [0, 0.05) is 25.7 Å². The van der Waals surface area contributed by atoms with Crippen LogP contribution in [-0.4, -0.2) is 24.6 Å². The monoisotopic (exact) mass is 206 g/mol. The molecule has 15 heavy (non-hydrogen) atoms. The molecule has 0 radical (unpaired) electrons. The molecule has 1 aliphatic heterocycles. The van der Waals surface area contributed by atoms with E-state index in [1.165, 1.54) is 11.1 Å². The Kier molecular flexibility index (Phi) is 2.93. The molecule has 82 valence electrons. The highest BCUT2D eigenvalue weighted by atomic mass is 16.5. The zero-order valence-electron chi connectivity index (χ0n) is 9.36. The number of nitrogens with two attached hydrogens (primary N) is 1. The lowest BCUT2D eigenvalue weighted by atomic mass is 10.1. The maximum Gasteiger partial charge on any atom is 0.119 e. The topological polar surface area (TPSA) is 38.5 Å². The summed E-state index contributed by atoms with van der Waals surface area (Å²) in [4.78, 5) is 2.39. The second kappa shape index (κ2) is 4.21. The van der Waals surface area contributed by atoms with E-state index in [9.17, 15) is 0 Å². The fourth-order valence-corrected chi connectivity index (χ4v) is 1.98. The zero-order valence-corrected chi connectivity index (χ0v) is 9.36. The molecule has 3 heteroatoms. The summed E-state index contributed by atoms with van der Waals surface area (Å²) >= 11 is 0. The van der Waals surface area contributed by atoms with E-state index in [1.54, 1.807) is 7.11 Å². The number of fused-ring (bicyclic) bond motifs is 1. The number of methoxy groups -OCH3 is 1. The van der Waals surface area contributed by atoms with Crippen molar-refractivity contribution in [2.45, 2.75) is 26.1 Å². The summed E-state index contributed by atoms with van der Waals surface area (Å²) in [5.41, 5.74) is 8.45. The van der Waals surface area contributed by atoms with Crippen LogP contribution >= 0.6 is 0 Å². The molecule has 1 heterocycles. The average molecular weight is 206 g/mol. The van der Waals surface area contributed by atoms with Crippen LogP contribution in [0.25, 0.3) is 0 Å². The third-order valence-electron chi connectivity index (χ3n) is 3.12. The number of rotatable bonds is 3. The number of ether oxygens (including phenoxy) is 1. The fraction of sp³-hybridized carbons (Fsp3) is 0.500. The molecule has 0 bridgehead atoms. The second-order valence-electron chi connectivity index (χ2n) is 4.12. The molecule has 1 aliphatic rings. The van der Waals surface area contributed by atoms with Crippen molar-refractivity contribution in [2.75, 3.05) is 13.7 Å². The van der Waals surface area contributed by atoms with E-state index < -0.39 is 0 Å². The Morgan fingerprint density at radius 1 is 1.40 bits per heavy atom. The van der Waals surface area contributed by atoms with E-state index in [1.807, 2.05) is 6.07 Å². The van der Waals surface area contributed by atoms with Crippen molar-refractivity contribution in [1.29, 1.82) is 0 Å². The largest absolute Gasteiger partial charge is 0.497 e. The van der Waals surface area contributed by atoms with E-state index in [0.717, 1.165) is 18.8 Å². The van der Waals surface area contributed by atoms with Crippen molar-refractivity contribution in [3.8, 4) is 5.75 Å². The Balaban J connectivity index is 2.16. The Hall–Kier alpha value is -1.06. The highest BCUT2D eigenvalue weighted by molar-refractivity contribution is 5.38. The van der Waals surface area contributed by atoms with Gasteiger partial charge in [0.25, 0.3) is 0 Å². The summed E-state index contributed by atoms with van der Waals surface area (Å²) in [5, 5.41) is 0. The van der Waals surface area contributed by atoms with Gasteiger partial charge < -0.3 is 10.5 Å². The standard InChI is InChI=1S/C12H18N2O/c1-9(6-13)14-7-10-3-4-12(15-2)5-11(10)8-14/h3-5,9H,6-8,13H2,1-2H3. The van der Waals surface area contributed by atoms with Crippen molar-refractivity contribution in [3.05, 3.63) is 29.3 Å². The van der Waals surface area contributed by atoms with Crippen LogP contribution in [0.5, 0.6) is 5.75 Å². The molecule has 0 amide bonds. The van der Waals surface area contributed by atoms with Gasteiger partial charge in [-0.15, -0.1) is 0 Å². The van der Waals surface area contributed by atoms with Gasteiger partial charge in [0.1, 0.15) is 5.75 Å². The first kappa shape index (κ1) is 10.5. The van der Waals surface area contributed by atoms with Crippen LogP contribution in [0.2, 0.25) is 0 Å². The molecule has 1 unspecified atom stereocenters. The van der Waals surface area contributed by atoms with Crippen LogP contribution in [0.15, 0.2) is 18.2 Å². The molecule has 0 aromatic heterocycles. The minimum absolute atomic E-state index is 0.448. The number of nitrogens with zero attached hydrogens (tertiary/aromatic N) is 1. The van der Waals surface area contributed by atoms with Crippen LogP contribution in [0.3, 0.4) is 0 Å². The van der Waals surface area contributed by atoms with E-state index in [4.69, 9.17) is 10.5 Å². The first-order valence-electron chi connectivity index (χ1n) is 5.34. The molecule has 1 aromatic rings. The normalized spacial score (nSPS) is 17.5. The summed E-state index contributed by atoms with van der Waals surface area (Å²) in [6.07, 6.45) is 0. The van der Waals surface area contributed by atoms with Crippen molar-refractivity contribution in [3.63, 3.8) is 0 Å². The summed E-state index contributed by atoms with van der Waals surface area (Å²) in [7, 11) is 1.71. The molecule has 0 fully saturated rings. The van der Waals surface area contributed by atoms with Crippen LogP contribution in [0.4, 0.5) is 0 Å². The summed E-state index contributed by atoms with van der Waals surface area (Å²) in [6.45, 7) is 4.89. The molecule has 0 saturated heterocycles. The summed E-state index contributed by atoms with van der Waals surface area (Å²) in [5.74, 6) is 0.941. The lowest BCUT2D eigenvalue weighted by Crippen LogP contribution is -2.34. The Morgan fingerprint density at radius 3 is 2.80 bits per heavy atom. The minimum Gasteiger partial charge on any atom is -0.497 e. The molecule has 1 atom stereocenters. The SMILES string of the molecule is COc1ccc2c(c1)CN(C(C)CN)C2. The first-order chi connectivity index (χ1) is 7.24. The van der Waals surface area contributed by atoms with Crippen LogP contribution in [0, 0.1) is 0 Å². The quantitative estimate of drug-likeness (QED) is 0.811. The highest BCUT2D eigenvalue weighted by Crippen LogP contribution is 2.27. The molecule has 1 aromatic carbocycles. The van der Waals surface area contributed by atoms with E-state index >= 15 is 0 Å². The summed E-state index contributed by atoms with van der Waals surface area (Å²) in [6, 6.07) is 6.74. The molecule has 3 nitrogen and oxygen atoms in total. The Labute approximate surface area is 90.8 Å². The first-order valence-corrected chi connectivity index (χ1v) is 5.34. The van der Waals surface area contributed by atoms with Gasteiger partial charge in [0.15, 0.2) is 0 Å². The van der Waals surface area contributed by atoms with Crippen molar-refractivity contribution < 1.29 is 4.74 Å². The maximum absolute atomic E-state index is 5.68. The van der Waals surface area contributed by atoms with Gasteiger partial charge in [-0.25, -0.2) is 0 Å². The van der Waals surface area contributed by atoms with Gasteiger partial charge in [-0.1, -0.05) is 6.07 Å². The molecule has 2 N–H and O–H groups in total. The van der Waals surface area contributed by atoms with E-state index in [2.05, 4.69) is 24.0 Å². The van der Waals surface area contributed by atoms with E-state index in [-0.39, 0.29) is 0 Å². The fourth-order valence-electron chi connectivity index (χ4n) is 1.98. The Bertz CT molecular complexity index is 351. The average Bonchev–Trinajstić information content (AvgIpc) is 2.70. The molecular formula is C12H18N2O. The van der Waals surface area contributed by atoms with Crippen LogP contribution < -0.4 is 10.5 Å². The van der Waals surface area contributed by atoms with Crippen LogP contribution in [-0.2, 0) is 13.1 Å². The number of hydrogen-bond acceptors (Lipinski definition) is 3. The molecule has 0 saturated carbocycles. The Morgan fingerprint density at radius 2 is 2.13 bits per heavy atom. The van der Waals surface area contributed by atoms with Gasteiger partial charge in [0.2, 0.25) is 0 Å². The van der Waals surface area contributed by atoms with Gasteiger partial charge in [-0.05, 0) is 30.2 Å². The number of hydrogen-bond donors (Lipinski definition) is 1. The van der Waals surface area contributed by atoms with Gasteiger partial charge >= 0.3 is 0 Å². The zero-order chi connectivity index (χ0) is 10.8. The van der Waals surface area contributed by atoms with Crippen LogP contribution in [0.1, 0.15) is 18.1 Å². The van der Waals surface area contributed by atoms with Gasteiger partial charge in [-0.3, -0.25) is 4.90 Å². The summed E-state index contributed by atoms with van der Waals surface area (Å²) < 4.78 is 5.22. The molecule has 2 rings (SSSR count). The minimum atomic E-state index is 0.448. The van der Waals surface area contributed by atoms with Crippen molar-refractivity contribution in [1.82, 2.24) is 4.90 Å². The third kappa shape index (κ3) is 1.98. The predicted molar refractivity (Wildman–Crippen MR) is 60.8 cm³/mol.